The lowest BCUT2D eigenvalue weighted by atomic mass is 9.91. The summed E-state index contributed by atoms with van der Waals surface area (Å²) in [6, 6.07) is 8.92. The summed E-state index contributed by atoms with van der Waals surface area (Å²) in [4.78, 5) is 2.58. The maximum atomic E-state index is 5.18. The van der Waals surface area contributed by atoms with Crippen LogP contribution in [0.5, 0.6) is 0 Å². The van der Waals surface area contributed by atoms with E-state index in [4.69, 9.17) is 5.10 Å². The molecule has 3 heterocycles. The van der Waals surface area contributed by atoms with Gasteiger partial charge in [-0.15, -0.1) is 0 Å². The Morgan fingerprint density at radius 3 is 2.73 bits per heavy atom. The Balaban J connectivity index is 1.73. The van der Waals surface area contributed by atoms with Gasteiger partial charge in [0, 0.05) is 24.6 Å². The molecule has 4 heteroatoms. The van der Waals surface area contributed by atoms with Gasteiger partial charge in [-0.25, -0.2) is 4.68 Å². The van der Waals surface area contributed by atoms with Crippen LogP contribution >= 0.6 is 0 Å². The molecule has 1 saturated heterocycles. The van der Waals surface area contributed by atoms with Gasteiger partial charge < -0.3 is 10.2 Å². The minimum absolute atomic E-state index is 0.577. The third-order valence-electron chi connectivity index (χ3n) is 6.09. The van der Waals surface area contributed by atoms with E-state index in [2.05, 4.69) is 53.0 Å². The third-order valence-corrected chi connectivity index (χ3v) is 6.09. The van der Waals surface area contributed by atoms with E-state index >= 15 is 0 Å². The maximum Gasteiger partial charge on any atom is 0.133 e. The van der Waals surface area contributed by atoms with Crippen LogP contribution in [0.1, 0.15) is 62.3 Å². The Kier molecular flexibility index (Phi) is 5.30. The molecule has 1 aromatic heterocycles. The molecular weight excluding hydrogens is 320 g/mol. The number of likely N-dealkylation sites (N-methyl/N-ethyl adjacent to an activating group) is 1. The van der Waals surface area contributed by atoms with E-state index in [1.807, 2.05) is 0 Å². The second kappa shape index (κ2) is 7.83. The van der Waals surface area contributed by atoms with Crippen LogP contribution < -0.4 is 5.32 Å². The van der Waals surface area contributed by atoms with Gasteiger partial charge in [0.2, 0.25) is 0 Å². The summed E-state index contributed by atoms with van der Waals surface area (Å²) in [5.74, 6) is 1.82. The molecule has 0 bridgehead atoms. The molecule has 4 rings (SSSR count). The maximum absolute atomic E-state index is 5.18. The fourth-order valence-electron chi connectivity index (χ4n) is 4.48. The Bertz CT molecular complexity index is 731. The number of aryl methyl sites for hydroxylation is 1. The molecule has 140 valence electrons. The summed E-state index contributed by atoms with van der Waals surface area (Å²) in [6.07, 6.45) is 7.31. The lowest BCUT2D eigenvalue weighted by Gasteiger charge is -2.31. The number of nitrogens with one attached hydrogen (secondary N) is 1. The van der Waals surface area contributed by atoms with Crippen LogP contribution in [-0.4, -0.2) is 40.9 Å². The molecule has 2 aliphatic heterocycles. The Morgan fingerprint density at radius 2 is 1.96 bits per heavy atom. The number of aromatic nitrogens is 2. The fourth-order valence-corrected chi connectivity index (χ4v) is 4.48. The highest BCUT2D eigenvalue weighted by molar-refractivity contribution is 5.55. The van der Waals surface area contributed by atoms with Crippen molar-refractivity contribution in [3.63, 3.8) is 0 Å². The van der Waals surface area contributed by atoms with Crippen LogP contribution in [0.4, 0.5) is 5.82 Å². The highest BCUT2D eigenvalue weighted by Gasteiger charge is 2.29. The first-order valence-electron chi connectivity index (χ1n) is 10.5. The number of fused-ring (bicyclic) bond motifs is 1. The lowest BCUT2D eigenvalue weighted by Crippen LogP contribution is -2.34. The molecule has 2 aromatic rings. The van der Waals surface area contributed by atoms with Crippen molar-refractivity contribution in [2.75, 3.05) is 31.5 Å². The van der Waals surface area contributed by atoms with Gasteiger partial charge in [0.1, 0.15) is 5.82 Å². The van der Waals surface area contributed by atoms with Crippen molar-refractivity contribution in [2.24, 2.45) is 0 Å². The largest absolute Gasteiger partial charge is 0.370 e. The zero-order valence-corrected chi connectivity index (χ0v) is 16.3. The number of piperidine rings is 1. The van der Waals surface area contributed by atoms with Gasteiger partial charge in [-0.3, -0.25) is 0 Å². The number of hydrogen-bond donors (Lipinski definition) is 1. The number of rotatable bonds is 4. The number of hydrogen-bond acceptors (Lipinski definition) is 3. The molecule has 1 atom stereocenters. The first kappa shape index (κ1) is 17.6. The molecule has 0 aliphatic carbocycles. The Hall–Kier alpha value is -1.81. The van der Waals surface area contributed by atoms with Gasteiger partial charge in [0.25, 0.3) is 0 Å². The Labute approximate surface area is 157 Å². The molecule has 1 aromatic carbocycles. The second-order valence-electron chi connectivity index (χ2n) is 7.76. The fraction of sp³-hybridized carbons (Fsp3) is 0.591. The first-order valence-corrected chi connectivity index (χ1v) is 10.5. The average Bonchev–Trinajstić information content (AvgIpc) is 2.89. The van der Waals surface area contributed by atoms with E-state index in [-0.39, 0.29) is 0 Å². The summed E-state index contributed by atoms with van der Waals surface area (Å²) in [5.41, 5.74) is 5.39. The SMILES string of the molecule is CCc1ccc(-n2nc(C3CCCN(CC)C3)c3c2NCCCC3)cc1. The second-order valence-corrected chi connectivity index (χ2v) is 7.76. The van der Waals surface area contributed by atoms with Gasteiger partial charge >= 0.3 is 0 Å². The Morgan fingerprint density at radius 1 is 1.12 bits per heavy atom. The topological polar surface area (TPSA) is 33.1 Å². The van der Waals surface area contributed by atoms with E-state index in [9.17, 15) is 0 Å². The van der Waals surface area contributed by atoms with Crippen LogP contribution in [0.25, 0.3) is 5.69 Å². The quantitative estimate of drug-likeness (QED) is 0.886. The van der Waals surface area contributed by atoms with E-state index in [1.165, 1.54) is 60.6 Å². The molecule has 0 amide bonds. The number of anilines is 1. The molecule has 1 N–H and O–H groups in total. The molecule has 0 saturated carbocycles. The smallest absolute Gasteiger partial charge is 0.133 e. The van der Waals surface area contributed by atoms with E-state index in [0.29, 0.717) is 5.92 Å². The number of benzene rings is 1. The van der Waals surface area contributed by atoms with Crippen LogP contribution in [0.15, 0.2) is 24.3 Å². The highest BCUT2D eigenvalue weighted by Crippen LogP contribution is 2.35. The summed E-state index contributed by atoms with van der Waals surface area (Å²) in [5, 5.41) is 8.87. The predicted molar refractivity (Wildman–Crippen MR) is 108 cm³/mol. The number of nitrogens with zero attached hydrogens (tertiary/aromatic N) is 3. The monoisotopic (exact) mass is 352 g/mol. The zero-order chi connectivity index (χ0) is 17.9. The summed E-state index contributed by atoms with van der Waals surface area (Å²) in [6.45, 7) is 9.09. The standard InChI is InChI=1S/C22H32N4/c1-3-17-10-12-19(13-11-17)26-22-20(9-5-6-14-23-22)21(24-26)18-8-7-15-25(4-2)16-18/h10-13,18,23H,3-9,14-16H2,1-2H3. The van der Waals surface area contributed by atoms with Crippen LogP contribution in [-0.2, 0) is 12.8 Å². The third kappa shape index (κ3) is 3.39. The molecule has 1 fully saturated rings. The van der Waals surface area contributed by atoms with Crippen molar-refractivity contribution >= 4 is 5.82 Å². The molecule has 0 spiro atoms. The van der Waals surface area contributed by atoms with E-state index in [0.717, 1.165) is 32.5 Å². The first-order chi connectivity index (χ1) is 12.8. The summed E-state index contributed by atoms with van der Waals surface area (Å²) in [7, 11) is 0. The van der Waals surface area contributed by atoms with Crippen molar-refractivity contribution in [1.82, 2.24) is 14.7 Å². The molecular formula is C22H32N4. The normalized spacial score (nSPS) is 21.1. The van der Waals surface area contributed by atoms with Crippen LogP contribution in [0.2, 0.25) is 0 Å². The minimum atomic E-state index is 0.577. The molecule has 1 unspecified atom stereocenters. The van der Waals surface area contributed by atoms with Gasteiger partial charge in [-0.2, -0.15) is 5.10 Å². The summed E-state index contributed by atoms with van der Waals surface area (Å²) >= 11 is 0. The van der Waals surface area contributed by atoms with Crippen molar-refractivity contribution in [3.05, 3.63) is 41.1 Å². The van der Waals surface area contributed by atoms with Crippen LogP contribution in [0, 0.1) is 0 Å². The zero-order valence-electron chi connectivity index (χ0n) is 16.3. The molecule has 26 heavy (non-hydrogen) atoms. The van der Waals surface area contributed by atoms with Crippen molar-refractivity contribution in [2.45, 2.75) is 58.3 Å². The number of likely N-dealkylation sites (tertiary alicyclic amines) is 1. The highest BCUT2D eigenvalue weighted by atomic mass is 15.3. The van der Waals surface area contributed by atoms with Gasteiger partial charge in [-0.05, 0) is 69.3 Å². The summed E-state index contributed by atoms with van der Waals surface area (Å²) < 4.78 is 2.18. The van der Waals surface area contributed by atoms with Crippen LogP contribution in [0.3, 0.4) is 0 Å². The minimum Gasteiger partial charge on any atom is -0.370 e. The molecule has 0 radical (unpaired) electrons. The van der Waals surface area contributed by atoms with Crippen molar-refractivity contribution in [1.29, 1.82) is 0 Å². The van der Waals surface area contributed by atoms with Gasteiger partial charge in [0.05, 0.1) is 11.4 Å². The molecule has 2 aliphatic rings. The average molecular weight is 353 g/mol. The van der Waals surface area contributed by atoms with Crippen molar-refractivity contribution < 1.29 is 0 Å². The molecule has 4 nitrogen and oxygen atoms in total. The van der Waals surface area contributed by atoms with E-state index < -0.39 is 0 Å². The van der Waals surface area contributed by atoms with Gasteiger partial charge in [0.15, 0.2) is 0 Å². The lowest BCUT2D eigenvalue weighted by molar-refractivity contribution is 0.215. The van der Waals surface area contributed by atoms with E-state index in [1.54, 1.807) is 0 Å². The predicted octanol–water partition coefficient (Wildman–Crippen LogP) is 4.38. The van der Waals surface area contributed by atoms with Crippen molar-refractivity contribution in [3.8, 4) is 5.69 Å². The van der Waals surface area contributed by atoms with Gasteiger partial charge in [-0.1, -0.05) is 26.0 Å².